The van der Waals surface area contributed by atoms with E-state index in [9.17, 15) is 21.6 Å². The van der Waals surface area contributed by atoms with Gasteiger partial charge in [0.25, 0.3) is 5.91 Å². The molecule has 0 spiro atoms. The number of hydrogen-bond acceptors (Lipinski definition) is 5. The predicted octanol–water partition coefficient (Wildman–Crippen LogP) is 2.37. The van der Waals surface area contributed by atoms with E-state index < -0.39 is 25.8 Å². The summed E-state index contributed by atoms with van der Waals surface area (Å²) in [5.74, 6) is -0.631. The fraction of sp³-hybridized carbons (Fsp3) is 0.278. The first-order chi connectivity index (χ1) is 12.6. The summed E-state index contributed by atoms with van der Waals surface area (Å²) in [4.78, 5) is 12.5. The van der Waals surface area contributed by atoms with Crippen LogP contribution in [0.5, 0.6) is 0 Å². The van der Waals surface area contributed by atoms with Crippen LogP contribution in [0.1, 0.15) is 24.2 Å². The van der Waals surface area contributed by atoms with Crippen molar-refractivity contribution in [3.8, 4) is 0 Å². The van der Waals surface area contributed by atoms with Crippen LogP contribution in [0, 0.1) is 0 Å². The Bertz CT molecular complexity index is 1040. The van der Waals surface area contributed by atoms with Crippen molar-refractivity contribution in [2.24, 2.45) is 0 Å². The number of nitrogens with one attached hydrogen (secondary N) is 1. The van der Waals surface area contributed by atoms with Gasteiger partial charge in [0.1, 0.15) is 0 Å². The second kappa shape index (κ2) is 8.20. The Morgan fingerprint density at radius 2 is 1.59 bits per heavy atom. The zero-order valence-corrected chi connectivity index (χ0v) is 17.0. The summed E-state index contributed by atoms with van der Waals surface area (Å²) < 4.78 is 50.3. The van der Waals surface area contributed by atoms with Gasteiger partial charge in [0.2, 0.25) is 10.0 Å². The quantitative estimate of drug-likeness (QED) is 0.755. The van der Waals surface area contributed by atoms with Gasteiger partial charge in [-0.2, -0.15) is 4.31 Å². The van der Waals surface area contributed by atoms with Crippen LogP contribution < -0.4 is 5.32 Å². The minimum Gasteiger partial charge on any atom is -0.322 e. The monoisotopic (exact) mass is 410 g/mol. The number of amides is 1. The third-order valence-corrected chi connectivity index (χ3v) is 7.17. The standard InChI is InChI=1S/C18H22N2O5S2/c1-4-20(5-2)27(24,25)15-10-8-9-14(13-15)19-18(21)16-11-6-7-12-17(16)26(3,22)23/h6-13H,4-5H2,1-3H3,(H,19,21). The van der Waals surface area contributed by atoms with Crippen LogP contribution in [-0.4, -0.2) is 46.4 Å². The number of carbonyl (C=O) groups excluding carboxylic acids is 1. The van der Waals surface area contributed by atoms with Crippen LogP contribution in [0.25, 0.3) is 0 Å². The fourth-order valence-electron chi connectivity index (χ4n) is 2.62. The van der Waals surface area contributed by atoms with Gasteiger partial charge in [-0.3, -0.25) is 4.79 Å². The first kappa shape index (κ1) is 21.1. The largest absolute Gasteiger partial charge is 0.322 e. The molecule has 0 bridgehead atoms. The Hall–Kier alpha value is -2.23. The predicted molar refractivity (Wildman–Crippen MR) is 104 cm³/mol. The lowest BCUT2D eigenvalue weighted by Gasteiger charge is -2.19. The first-order valence-electron chi connectivity index (χ1n) is 8.32. The number of sulfonamides is 1. The minimum absolute atomic E-state index is 0.00277. The molecule has 0 aliphatic rings. The van der Waals surface area contributed by atoms with Gasteiger partial charge >= 0.3 is 0 Å². The third-order valence-electron chi connectivity index (χ3n) is 3.97. The molecule has 2 rings (SSSR count). The van der Waals surface area contributed by atoms with Gasteiger partial charge in [-0.1, -0.05) is 32.0 Å². The Labute approximate surface area is 160 Å². The van der Waals surface area contributed by atoms with Gasteiger partial charge in [-0.25, -0.2) is 16.8 Å². The molecule has 7 nitrogen and oxygen atoms in total. The molecule has 0 atom stereocenters. The minimum atomic E-state index is -3.67. The molecule has 9 heteroatoms. The average Bonchev–Trinajstić information content (AvgIpc) is 2.62. The highest BCUT2D eigenvalue weighted by Crippen LogP contribution is 2.21. The molecule has 0 aliphatic heterocycles. The summed E-state index contributed by atoms with van der Waals surface area (Å²) >= 11 is 0. The van der Waals surface area contributed by atoms with E-state index in [-0.39, 0.29) is 21.0 Å². The molecule has 27 heavy (non-hydrogen) atoms. The highest BCUT2D eigenvalue weighted by atomic mass is 32.2. The normalized spacial score (nSPS) is 12.1. The van der Waals surface area contributed by atoms with Crippen LogP contribution in [0.3, 0.4) is 0 Å². The third kappa shape index (κ3) is 4.74. The summed E-state index contributed by atoms with van der Waals surface area (Å²) in [7, 11) is -7.25. The van der Waals surface area contributed by atoms with Crippen LogP contribution in [-0.2, 0) is 19.9 Å². The molecule has 2 aromatic rings. The van der Waals surface area contributed by atoms with Gasteiger partial charge in [0.05, 0.1) is 15.4 Å². The number of sulfone groups is 1. The van der Waals surface area contributed by atoms with Crippen LogP contribution in [0.15, 0.2) is 58.3 Å². The van der Waals surface area contributed by atoms with E-state index in [1.165, 1.54) is 40.7 Å². The molecule has 1 amide bonds. The van der Waals surface area contributed by atoms with E-state index in [2.05, 4.69) is 5.32 Å². The summed E-state index contributed by atoms with van der Waals surface area (Å²) in [5.41, 5.74) is 0.258. The maximum absolute atomic E-state index is 12.6. The smallest absolute Gasteiger partial charge is 0.256 e. The van der Waals surface area contributed by atoms with Gasteiger partial charge in [-0.05, 0) is 30.3 Å². The Morgan fingerprint density at radius 1 is 0.963 bits per heavy atom. The SMILES string of the molecule is CCN(CC)S(=O)(=O)c1cccc(NC(=O)c2ccccc2S(C)(=O)=O)c1. The number of anilines is 1. The van der Waals surface area contributed by atoms with Crippen molar-refractivity contribution in [2.75, 3.05) is 24.7 Å². The number of nitrogens with zero attached hydrogens (tertiary/aromatic N) is 1. The molecule has 0 aromatic heterocycles. The van der Waals surface area contributed by atoms with E-state index in [0.717, 1.165) is 6.26 Å². The van der Waals surface area contributed by atoms with Gasteiger partial charge in [-0.15, -0.1) is 0 Å². The lowest BCUT2D eigenvalue weighted by Crippen LogP contribution is -2.30. The fourth-order valence-corrected chi connectivity index (χ4v) is 5.01. The molecular weight excluding hydrogens is 388 g/mol. The molecule has 0 saturated carbocycles. The van der Waals surface area contributed by atoms with Crippen molar-refractivity contribution < 1.29 is 21.6 Å². The van der Waals surface area contributed by atoms with Crippen molar-refractivity contribution in [1.82, 2.24) is 4.31 Å². The lowest BCUT2D eigenvalue weighted by atomic mass is 10.2. The molecule has 0 saturated heterocycles. The molecule has 1 N–H and O–H groups in total. The van der Waals surface area contributed by atoms with Gasteiger partial charge in [0, 0.05) is 25.0 Å². The van der Waals surface area contributed by atoms with Crippen molar-refractivity contribution in [1.29, 1.82) is 0 Å². The number of hydrogen-bond donors (Lipinski definition) is 1. The molecule has 0 heterocycles. The Morgan fingerprint density at radius 3 is 2.19 bits per heavy atom. The topological polar surface area (TPSA) is 101 Å². The molecule has 2 aromatic carbocycles. The molecule has 0 radical (unpaired) electrons. The van der Waals surface area contributed by atoms with Gasteiger partial charge < -0.3 is 5.32 Å². The summed E-state index contributed by atoms with van der Waals surface area (Å²) in [6, 6.07) is 11.7. The van der Waals surface area contributed by atoms with Crippen LogP contribution in [0.4, 0.5) is 5.69 Å². The maximum atomic E-state index is 12.6. The van der Waals surface area contributed by atoms with Crippen molar-refractivity contribution in [3.05, 3.63) is 54.1 Å². The van der Waals surface area contributed by atoms with E-state index in [4.69, 9.17) is 0 Å². The molecular formula is C18H22N2O5S2. The number of rotatable bonds is 7. The summed E-state index contributed by atoms with van der Waals surface area (Å²) in [6.45, 7) is 4.15. The lowest BCUT2D eigenvalue weighted by molar-refractivity contribution is 0.102. The summed E-state index contributed by atoms with van der Waals surface area (Å²) in [5, 5.41) is 2.57. The number of benzene rings is 2. The van der Waals surface area contributed by atoms with E-state index >= 15 is 0 Å². The molecule has 0 fully saturated rings. The van der Waals surface area contributed by atoms with Crippen LogP contribution >= 0.6 is 0 Å². The Kier molecular flexibility index (Phi) is 6.40. The summed E-state index contributed by atoms with van der Waals surface area (Å²) in [6.07, 6.45) is 1.02. The highest BCUT2D eigenvalue weighted by Gasteiger charge is 2.22. The molecule has 146 valence electrons. The molecule has 0 unspecified atom stereocenters. The zero-order valence-electron chi connectivity index (χ0n) is 15.3. The number of carbonyl (C=O) groups is 1. The second-order valence-electron chi connectivity index (χ2n) is 5.84. The second-order valence-corrected chi connectivity index (χ2v) is 9.76. The van der Waals surface area contributed by atoms with Crippen molar-refractivity contribution in [3.63, 3.8) is 0 Å². The maximum Gasteiger partial charge on any atom is 0.256 e. The first-order valence-corrected chi connectivity index (χ1v) is 11.6. The molecule has 0 aliphatic carbocycles. The van der Waals surface area contributed by atoms with Crippen molar-refractivity contribution in [2.45, 2.75) is 23.6 Å². The van der Waals surface area contributed by atoms with E-state index in [0.29, 0.717) is 13.1 Å². The van der Waals surface area contributed by atoms with Crippen molar-refractivity contribution >= 4 is 31.5 Å². The zero-order chi connectivity index (χ0) is 20.2. The average molecular weight is 411 g/mol. The highest BCUT2D eigenvalue weighted by molar-refractivity contribution is 7.90. The Balaban J connectivity index is 2.37. The van der Waals surface area contributed by atoms with E-state index in [1.54, 1.807) is 26.0 Å². The van der Waals surface area contributed by atoms with E-state index in [1.807, 2.05) is 0 Å². The van der Waals surface area contributed by atoms with Gasteiger partial charge in [0.15, 0.2) is 9.84 Å². The van der Waals surface area contributed by atoms with Crippen LogP contribution in [0.2, 0.25) is 0 Å².